The van der Waals surface area contributed by atoms with Gasteiger partial charge in [0, 0.05) is 12.1 Å². The Balaban J connectivity index is 1.83. The Morgan fingerprint density at radius 2 is 1.89 bits per heavy atom. The molecule has 0 saturated heterocycles. The van der Waals surface area contributed by atoms with Crippen LogP contribution < -0.4 is 19.7 Å². The molecule has 0 spiro atoms. The minimum absolute atomic E-state index is 0.0199. The summed E-state index contributed by atoms with van der Waals surface area (Å²) in [6, 6.07) is 12.9. The molecule has 1 aromatic heterocycles. The van der Waals surface area contributed by atoms with Crippen LogP contribution in [0.1, 0.15) is 16.1 Å². The summed E-state index contributed by atoms with van der Waals surface area (Å²) in [6.45, 7) is -0.596. The van der Waals surface area contributed by atoms with Crippen molar-refractivity contribution in [3.05, 3.63) is 82.3 Å². The summed E-state index contributed by atoms with van der Waals surface area (Å²) in [5, 5.41) is 16.4. The Bertz CT molecular complexity index is 1340. The van der Waals surface area contributed by atoms with Crippen LogP contribution in [0.5, 0.6) is 5.75 Å². The first kappa shape index (κ1) is 25.2. The molecule has 12 nitrogen and oxygen atoms in total. The predicted molar refractivity (Wildman–Crippen MR) is 127 cm³/mol. The lowest BCUT2D eigenvalue weighted by Crippen LogP contribution is -2.38. The second-order valence-corrected chi connectivity index (χ2v) is 9.15. The number of nitrogens with one attached hydrogen (secondary N) is 2. The molecule has 3 aromatic rings. The van der Waals surface area contributed by atoms with Gasteiger partial charge in [-0.3, -0.25) is 24.0 Å². The molecular formula is C22H22N4O8S. The monoisotopic (exact) mass is 502 g/mol. The van der Waals surface area contributed by atoms with Crippen LogP contribution >= 0.6 is 0 Å². The number of sulfonamides is 1. The van der Waals surface area contributed by atoms with Gasteiger partial charge in [0.1, 0.15) is 23.7 Å². The Hall–Kier alpha value is -4.39. The van der Waals surface area contributed by atoms with Crippen LogP contribution in [0, 0.1) is 10.1 Å². The van der Waals surface area contributed by atoms with Gasteiger partial charge >= 0.3 is 0 Å². The third-order valence-corrected chi connectivity index (χ3v) is 5.91. The normalized spacial score (nSPS) is 10.9. The van der Waals surface area contributed by atoms with Crippen molar-refractivity contribution in [2.45, 2.75) is 6.54 Å². The van der Waals surface area contributed by atoms with Crippen molar-refractivity contribution in [1.82, 2.24) is 5.32 Å². The summed E-state index contributed by atoms with van der Waals surface area (Å²) < 4.78 is 36.0. The molecule has 0 saturated carbocycles. The van der Waals surface area contributed by atoms with Crippen LogP contribution in [0.4, 0.5) is 17.1 Å². The summed E-state index contributed by atoms with van der Waals surface area (Å²) in [4.78, 5) is 36.0. The van der Waals surface area contributed by atoms with Gasteiger partial charge in [-0.05, 0) is 30.3 Å². The number of benzene rings is 2. The van der Waals surface area contributed by atoms with Gasteiger partial charge < -0.3 is 19.8 Å². The van der Waals surface area contributed by atoms with Gasteiger partial charge in [-0.1, -0.05) is 12.1 Å². The van der Waals surface area contributed by atoms with Gasteiger partial charge in [0.05, 0.1) is 42.3 Å². The Morgan fingerprint density at radius 3 is 2.51 bits per heavy atom. The second-order valence-electron chi connectivity index (χ2n) is 7.24. The molecule has 2 amide bonds. The Kier molecular flexibility index (Phi) is 7.71. The van der Waals surface area contributed by atoms with Crippen molar-refractivity contribution in [1.29, 1.82) is 0 Å². The average Bonchev–Trinajstić information content (AvgIpc) is 3.34. The molecule has 3 rings (SSSR count). The number of hydrogen-bond donors (Lipinski definition) is 2. The number of carbonyl (C=O) groups excluding carboxylic acids is 2. The van der Waals surface area contributed by atoms with E-state index in [-0.39, 0.29) is 34.9 Å². The van der Waals surface area contributed by atoms with Crippen LogP contribution in [0.2, 0.25) is 0 Å². The number of non-ortho nitro benzene ring substituents is 1. The van der Waals surface area contributed by atoms with Crippen LogP contribution in [-0.2, 0) is 21.4 Å². The zero-order valence-electron chi connectivity index (χ0n) is 18.8. The zero-order valence-corrected chi connectivity index (χ0v) is 19.6. The summed E-state index contributed by atoms with van der Waals surface area (Å²) in [6.07, 6.45) is 2.33. The molecule has 0 atom stereocenters. The third-order valence-electron chi connectivity index (χ3n) is 4.78. The number of hydrogen-bond acceptors (Lipinski definition) is 8. The lowest BCUT2D eigenvalue weighted by Gasteiger charge is -2.23. The van der Waals surface area contributed by atoms with E-state index < -0.39 is 33.3 Å². The molecule has 184 valence electrons. The predicted octanol–water partition coefficient (Wildman–Crippen LogP) is 2.53. The largest absolute Gasteiger partial charge is 0.495 e. The number of ether oxygens (including phenoxy) is 1. The maximum Gasteiger partial charge on any atom is 0.271 e. The van der Waals surface area contributed by atoms with Crippen molar-refractivity contribution >= 4 is 38.9 Å². The number of nitro benzene ring substituents is 1. The highest BCUT2D eigenvalue weighted by Gasteiger charge is 2.26. The highest BCUT2D eigenvalue weighted by molar-refractivity contribution is 7.92. The van der Waals surface area contributed by atoms with E-state index in [4.69, 9.17) is 9.15 Å². The van der Waals surface area contributed by atoms with E-state index in [9.17, 15) is 28.1 Å². The number of nitrogens with zero attached hydrogens (tertiary/aromatic N) is 2. The average molecular weight is 503 g/mol. The molecule has 0 aliphatic rings. The van der Waals surface area contributed by atoms with Crippen LogP contribution in [0.3, 0.4) is 0 Å². The van der Waals surface area contributed by atoms with E-state index in [1.807, 2.05) is 0 Å². The molecule has 2 aromatic carbocycles. The fraction of sp³-hybridized carbons (Fsp3) is 0.182. The fourth-order valence-corrected chi connectivity index (χ4v) is 4.01. The first-order chi connectivity index (χ1) is 16.6. The molecule has 0 fully saturated rings. The Morgan fingerprint density at radius 1 is 1.14 bits per heavy atom. The molecule has 0 radical (unpaired) electrons. The first-order valence-electron chi connectivity index (χ1n) is 10.1. The van der Waals surface area contributed by atoms with Crippen LogP contribution in [0.15, 0.2) is 65.3 Å². The quantitative estimate of drug-likeness (QED) is 0.316. The highest BCUT2D eigenvalue weighted by Crippen LogP contribution is 2.33. The van der Waals surface area contributed by atoms with Gasteiger partial charge in [0.15, 0.2) is 0 Å². The lowest BCUT2D eigenvalue weighted by atomic mass is 10.1. The van der Waals surface area contributed by atoms with Crippen molar-refractivity contribution in [2.24, 2.45) is 0 Å². The van der Waals surface area contributed by atoms with Crippen molar-refractivity contribution in [2.75, 3.05) is 29.5 Å². The molecule has 2 N–H and O–H groups in total. The third kappa shape index (κ3) is 6.35. The topological polar surface area (TPSA) is 161 Å². The Labute approximate surface area is 200 Å². The number of rotatable bonds is 10. The second kappa shape index (κ2) is 10.7. The number of anilines is 2. The molecular weight excluding hydrogens is 480 g/mol. The minimum Gasteiger partial charge on any atom is -0.495 e. The summed E-state index contributed by atoms with van der Waals surface area (Å²) >= 11 is 0. The first-order valence-corrected chi connectivity index (χ1v) is 11.9. The highest BCUT2D eigenvalue weighted by atomic mass is 32.2. The molecule has 0 aliphatic carbocycles. The maximum absolute atomic E-state index is 12.8. The number of methoxy groups -OCH3 is 1. The zero-order chi connectivity index (χ0) is 25.6. The van der Waals surface area contributed by atoms with Gasteiger partial charge in [-0.2, -0.15) is 0 Å². The number of furan rings is 1. The fourth-order valence-electron chi connectivity index (χ4n) is 3.15. The number of nitro groups is 1. The number of para-hydroxylation sites is 1. The number of carbonyl (C=O) groups is 2. The molecule has 0 bridgehead atoms. The molecule has 35 heavy (non-hydrogen) atoms. The van der Waals surface area contributed by atoms with Crippen LogP contribution in [0.25, 0.3) is 0 Å². The molecule has 13 heteroatoms. The SMILES string of the molecule is COc1ccc([N+](=O)[O-])cc1N(CC(=O)Nc1ccccc1C(=O)NCc1ccco1)S(C)(=O)=O. The summed E-state index contributed by atoms with van der Waals surface area (Å²) in [5.41, 5.74) is -0.266. The van der Waals surface area contributed by atoms with E-state index in [0.29, 0.717) is 10.1 Å². The van der Waals surface area contributed by atoms with Crippen molar-refractivity contribution in [3.8, 4) is 5.75 Å². The van der Waals surface area contributed by atoms with Gasteiger partial charge in [-0.15, -0.1) is 0 Å². The lowest BCUT2D eigenvalue weighted by molar-refractivity contribution is -0.384. The minimum atomic E-state index is -4.06. The van der Waals surface area contributed by atoms with E-state index in [1.54, 1.807) is 24.3 Å². The molecule has 1 heterocycles. The van der Waals surface area contributed by atoms with Gasteiger partial charge in [-0.25, -0.2) is 8.42 Å². The summed E-state index contributed by atoms with van der Waals surface area (Å²) in [7, 11) is -2.79. The smallest absolute Gasteiger partial charge is 0.271 e. The van der Waals surface area contributed by atoms with E-state index in [1.165, 1.54) is 31.6 Å². The van der Waals surface area contributed by atoms with Gasteiger partial charge in [0.2, 0.25) is 15.9 Å². The van der Waals surface area contributed by atoms with Gasteiger partial charge in [0.25, 0.3) is 11.6 Å². The standard InChI is InChI=1S/C22H22N4O8S/c1-33-20-10-9-15(26(29)30)12-19(20)25(35(2,31)32)14-21(27)24-18-8-4-3-7-17(18)22(28)23-13-16-6-5-11-34-16/h3-12H,13-14H2,1-2H3,(H,23,28)(H,24,27). The van der Waals surface area contributed by atoms with Crippen LogP contribution in [-0.4, -0.2) is 45.1 Å². The van der Waals surface area contributed by atoms with E-state index in [2.05, 4.69) is 10.6 Å². The van der Waals surface area contributed by atoms with E-state index in [0.717, 1.165) is 18.4 Å². The molecule has 0 aliphatic heterocycles. The summed E-state index contributed by atoms with van der Waals surface area (Å²) in [5.74, 6) is -0.714. The van der Waals surface area contributed by atoms with Crippen molar-refractivity contribution in [3.63, 3.8) is 0 Å². The molecule has 0 unspecified atom stereocenters. The maximum atomic E-state index is 12.8. The van der Waals surface area contributed by atoms with E-state index >= 15 is 0 Å². The van der Waals surface area contributed by atoms with Crippen molar-refractivity contribution < 1.29 is 32.1 Å². The number of amides is 2.